The SMILES string of the molecule is CCOCC1C(=O)CC(=O)C(C(C)C)=C1Cc1ccccc1. The Morgan fingerprint density at radius 2 is 1.86 bits per heavy atom. The summed E-state index contributed by atoms with van der Waals surface area (Å²) in [5, 5.41) is 0. The van der Waals surface area contributed by atoms with Crippen LogP contribution in [0.2, 0.25) is 0 Å². The number of allylic oxidation sites excluding steroid dienone is 1. The molecule has 0 fully saturated rings. The van der Waals surface area contributed by atoms with E-state index in [-0.39, 0.29) is 29.8 Å². The van der Waals surface area contributed by atoms with Crippen LogP contribution in [0.4, 0.5) is 0 Å². The first-order chi connectivity index (χ1) is 10.5. The number of rotatable bonds is 6. The Balaban J connectivity index is 2.42. The average Bonchev–Trinajstić information content (AvgIpc) is 2.47. The molecule has 1 aliphatic rings. The molecule has 0 amide bonds. The molecule has 1 aromatic carbocycles. The van der Waals surface area contributed by atoms with Crippen LogP contribution in [-0.2, 0) is 20.7 Å². The lowest BCUT2D eigenvalue weighted by Gasteiger charge is -2.29. The van der Waals surface area contributed by atoms with Crippen molar-refractivity contribution in [3.8, 4) is 0 Å². The van der Waals surface area contributed by atoms with Crippen molar-refractivity contribution in [2.24, 2.45) is 11.8 Å². The molecule has 0 N–H and O–H groups in total. The molecule has 0 radical (unpaired) electrons. The molecular weight excluding hydrogens is 276 g/mol. The van der Waals surface area contributed by atoms with Crippen molar-refractivity contribution < 1.29 is 14.3 Å². The van der Waals surface area contributed by atoms with E-state index in [1.807, 2.05) is 51.1 Å². The molecular formula is C19H24O3. The summed E-state index contributed by atoms with van der Waals surface area (Å²) in [6.07, 6.45) is 0.660. The molecule has 0 saturated carbocycles. The number of hydrogen-bond donors (Lipinski definition) is 0. The monoisotopic (exact) mass is 300 g/mol. The first-order valence-electron chi connectivity index (χ1n) is 7.95. The standard InChI is InChI=1S/C19H24O3/c1-4-22-12-16-15(10-14-8-6-5-7-9-14)19(13(2)3)18(21)11-17(16)20/h5-9,13,16H,4,10-12H2,1-3H3. The van der Waals surface area contributed by atoms with E-state index in [0.29, 0.717) is 19.6 Å². The molecule has 1 atom stereocenters. The van der Waals surface area contributed by atoms with E-state index >= 15 is 0 Å². The van der Waals surface area contributed by atoms with Gasteiger partial charge in [0.25, 0.3) is 0 Å². The van der Waals surface area contributed by atoms with E-state index in [1.54, 1.807) is 0 Å². The van der Waals surface area contributed by atoms with Gasteiger partial charge >= 0.3 is 0 Å². The summed E-state index contributed by atoms with van der Waals surface area (Å²) >= 11 is 0. The highest BCUT2D eigenvalue weighted by molar-refractivity contribution is 6.12. The van der Waals surface area contributed by atoms with Crippen LogP contribution >= 0.6 is 0 Å². The highest BCUT2D eigenvalue weighted by Gasteiger charge is 2.35. The van der Waals surface area contributed by atoms with Crippen molar-refractivity contribution in [2.75, 3.05) is 13.2 Å². The number of ketones is 2. The molecule has 1 aliphatic carbocycles. The van der Waals surface area contributed by atoms with Crippen LogP contribution in [0.5, 0.6) is 0 Å². The van der Waals surface area contributed by atoms with Crippen LogP contribution < -0.4 is 0 Å². The summed E-state index contributed by atoms with van der Waals surface area (Å²) in [6, 6.07) is 10.00. The van der Waals surface area contributed by atoms with Crippen LogP contribution in [0.25, 0.3) is 0 Å². The summed E-state index contributed by atoms with van der Waals surface area (Å²) in [7, 11) is 0. The third-order valence-electron chi connectivity index (χ3n) is 4.09. The zero-order valence-corrected chi connectivity index (χ0v) is 13.6. The van der Waals surface area contributed by atoms with Gasteiger partial charge in [-0.1, -0.05) is 44.2 Å². The van der Waals surface area contributed by atoms with Gasteiger partial charge in [-0.05, 0) is 36.0 Å². The van der Waals surface area contributed by atoms with Gasteiger partial charge in [-0.25, -0.2) is 0 Å². The number of carbonyl (C=O) groups is 2. The van der Waals surface area contributed by atoms with Crippen molar-refractivity contribution in [1.29, 1.82) is 0 Å². The second kappa shape index (κ2) is 7.50. The maximum Gasteiger partial charge on any atom is 0.166 e. The molecule has 3 heteroatoms. The highest BCUT2D eigenvalue weighted by atomic mass is 16.5. The van der Waals surface area contributed by atoms with E-state index in [4.69, 9.17) is 4.74 Å². The number of benzene rings is 1. The maximum absolute atomic E-state index is 12.3. The van der Waals surface area contributed by atoms with Crippen molar-refractivity contribution in [1.82, 2.24) is 0 Å². The van der Waals surface area contributed by atoms with Gasteiger partial charge in [0.05, 0.1) is 18.9 Å². The molecule has 2 rings (SSSR count). The number of ether oxygens (including phenoxy) is 1. The van der Waals surface area contributed by atoms with Crippen molar-refractivity contribution in [3.05, 3.63) is 47.0 Å². The minimum absolute atomic E-state index is 0.00576. The minimum Gasteiger partial charge on any atom is -0.381 e. The summed E-state index contributed by atoms with van der Waals surface area (Å²) in [5.74, 6) is -0.175. The summed E-state index contributed by atoms with van der Waals surface area (Å²) < 4.78 is 5.51. The van der Waals surface area contributed by atoms with Crippen LogP contribution in [-0.4, -0.2) is 24.8 Å². The van der Waals surface area contributed by atoms with Gasteiger partial charge in [-0.2, -0.15) is 0 Å². The zero-order valence-electron chi connectivity index (χ0n) is 13.6. The Morgan fingerprint density at radius 1 is 1.18 bits per heavy atom. The highest BCUT2D eigenvalue weighted by Crippen LogP contribution is 2.32. The van der Waals surface area contributed by atoms with E-state index in [0.717, 1.165) is 16.7 Å². The smallest absolute Gasteiger partial charge is 0.166 e. The summed E-state index contributed by atoms with van der Waals surface area (Å²) in [5.41, 5.74) is 2.91. The lowest BCUT2D eigenvalue weighted by atomic mass is 9.75. The Morgan fingerprint density at radius 3 is 2.45 bits per heavy atom. The zero-order chi connectivity index (χ0) is 16.1. The molecule has 0 bridgehead atoms. The van der Waals surface area contributed by atoms with E-state index in [9.17, 15) is 9.59 Å². The van der Waals surface area contributed by atoms with Gasteiger partial charge in [0, 0.05) is 6.61 Å². The minimum atomic E-state index is -0.282. The Labute approximate surface area is 132 Å². The Kier molecular flexibility index (Phi) is 5.67. The largest absolute Gasteiger partial charge is 0.381 e. The fourth-order valence-corrected chi connectivity index (χ4v) is 3.09. The van der Waals surface area contributed by atoms with Gasteiger partial charge < -0.3 is 4.74 Å². The topological polar surface area (TPSA) is 43.4 Å². The molecule has 0 aromatic heterocycles. The molecule has 0 heterocycles. The van der Waals surface area contributed by atoms with Crippen molar-refractivity contribution in [2.45, 2.75) is 33.6 Å². The number of hydrogen-bond acceptors (Lipinski definition) is 3. The van der Waals surface area contributed by atoms with Gasteiger partial charge in [-0.3, -0.25) is 9.59 Å². The molecule has 0 aliphatic heterocycles. The predicted molar refractivity (Wildman–Crippen MR) is 86.6 cm³/mol. The number of Topliss-reactive ketones (excluding diaryl/α,β-unsaturated/α-hetero) is 2. The Bertz CT molecular complexity index is 570. The molecule has 1 aromatic rings. The third-order valence-corrected chi connectivity index (χ3v) is 4.09. The van der Waals surface area contributed by atoms with E-state index in [2.05, 4.69) is 0 Å². The molecule has 3 nitrogen and oxygen atoms in total. The lowest BCUT2D eigenvalue weighted by molar-refractivity contribution is -0.129. The van der Waals surface area contributed by atoms with E-state index in [1.165, 1.54) is 0 Å². The fourth-order valence-electron chi connectivity index (χ4n) is 3.09. The average molecular weight is 300 g/mol. The van der Waals surface area contributed by atoms with Gasteiger partial charge in [-0.15, -0.1) is 0 Å². The van der Waals surface area contributed by atoms with Gasteiger partial charge in [0.15, 0.2) is 5.78 Å². The van der Waals surface area contributed by atoms with Crippen LogP contribution in [0.3, 0.4) is 0 Å². The third kappa shape index (κ3) is 3.72. The second-order valence-electron chi connectivity index (χ2n) is 6.03. The molecule has 118 valence electrons. The predicted octanol–water partition coefficient (Wildman–Crippen LogP) is 3.38. The second-order valence-corrected chi connectivity index (χ2v) is 6.03. The fraction of sp³-hybridized carbons (Fsp3) is 0.474. The van der Waals surface area contributed by atoms with E-state index < -0.39 is 0 Å². The molecule has 0 saturated heterocycles. The normalized spacial score (nSPS) is 19.2. The van der Waals surface area contributed by atoms with Gasteiger partial charge in [0.2, 0.25) is 0 Å². The maximum atomic E-state index is 12.3. The van der Waals surface area contributed by atoms with Crippen molar-refractivity contribution in [3.63, 3.8) is 0 Å². The lowest BCUT2D eigenvalue weighted by Crippen LogP contribution is -2.34. The van der Waals surface area contributed by atoms with Crippen LogP contribution in [0.1, 0.15) is 32.8 Å². The Hall–Kier alpha value is -1.74. The molecule has 0 spiro atoms. The number of carbonyl (C=O) groups excluding carboxylic acids is 2. The first-order valence-corrected chi connectivity index (χ1v) is 7.95. The first kappa shape index (κ1) is 16.6. The van der Waals surface area contributed by atoms with Crippen molar-refractivity contribution >= 4 is 11.6 Å². The quantitative estimate of drug-likeness (QED) is 0.756. The van der Waals surface area contributed by atoms with Gasteiger partial charge in [0.1, 0.15) is 5.78 Å². The summed E-state index contributed by atoms with van der Waals surface area (Å²) in [4.78, 5) is 24.7. The van der Waals surface area contributed by atoms with Crippen LogP contribution in [0, 0.1) is 11.8 Å². The molecule has 22 heavy (non-hydrogen) atoms. The van der Waals surface area contributed by atoms with Crippen LogP contribution in [0.15, 0.2) is 41.5 Å². The molecule has 1 unspecified atom stereocenters. The summed E-state index contributed by atoms with van der Waals surface area (Å²) in [6.45, 7) is 6.91.